The lowest BCUT2D eigenvalue weighted by molar-refractivity contribution is -0.120. The first-order valence-corrected chi connectivity index (χ1v) is 8.24. The van der Waals surface area contributed by atoms with Crippen LogP contribution in [0.5, 0.6) is 0 Å². The highest BCUT2D eigenvalue weighted by Crippen LogP contribution is 2.31. The summed E-state index contributed by atoms with van der Waals surface area (Å²) in [4.78, 5) is 24.5. The molecule has 2 unspecified atom stereocenters. The van der Waals surface area contributed by atoms with Gasteiger partial charge in [0.15, 0.2) is 0 Å². The van der Waals surface area contributed by atoms with Crippen molar-refractivity contribution < 1.29 is 14.3 Å². The molecule has 5 nitrogen and oxygen atoms in total. The third kappa shape index (κ3) is 5.27. The molecule has 1 aromatic rings. The van der Waals surface area contributed by atoms with E-state index in [4.69, 9.17) is 16.3 Å². The maximum Gasteiger partial charge on any atom is 0.407 e. The van der Waals surface area contributed by atoms with E-state index in [0.717, 1.165) is 5.57 Å². The van der Waals surface area contributed by atoms with E-state index >= 15 is 0 Å². The van der Waals surface area contributed by atoms with Gasteiger partial charge in [-0.05, 0) is 57.9 Å². The minimum Gasteiger partial charge on any atom is -0.444 e. The largest absolute Gasteiger partial charge is 0.444 e. The molecule has 1 aliphatic rings. The highest BCUT2D eigenvalue weighted by atomic mass is 35.5. The Morgan fingerprint density at radius 3 is 2.42 bits per heavy atom. The molecule has 1 aromatic carbocycles. The fraction of sp³-hybridized carbons (Fsp3) is 0.444. The molecule has 0 heterocycles. The van der Waals surface area contributed by atoms with Crippen molar-refractivity contribution in [2.24, 2.45) is 5.92 Å². The molecule has 6 heteroatoms. The van der Waals surface area contributed by atoms with E-state index < -0.39 is 11.7 Å². The predicted molar refractivity (Wildman–Crippen MR) is 95.1 cm³/mol. The first kappa shape index (κ1) is 18.3. The van der Waals surface area contributed by atoms with Gasteiger partial charge in [0.2, 0.25) is 5.91 Å². The summed E-state index contributed by atoms with van der Waals surface area (Å²) in [5, 5.41) is 6.24. The van der Waals surface area contributed by atoms with Gasteiger partial charge in [-0.1, -0.05) is 23.8 Å². The minimum absolute atomic E-state index is 0.156. The number of carbonyl (C=O) groups is 2. The molecule has 130 valence electrons. The van der Waals surface area contributed by atoms with E-state index in [1.165, 1.54) is 0 Å². The lowest BCUT2D eigenvalue weighted by Crippen LogP contribution is -2.44. The highest BCUT2D eigenvalue weighted by Gasteiger charge is 2.36. The van der Waals surface area contributed by atoms with Gasteiger partial charge >= 0.3 is 6.09 Å². The second-order valence-electron chi connectivity index (χ2n) is 7.01. The van der Waals surface area contributed by atoms with Crippen molar-refractivity contribution in [3.8, 4) is 0 Å². The molecule has 0 bridgehead atoms. The number of hydrogen-bond acceptors (Lipinski definition) is 3. The molecule has 0 saturated heterocycles. The molecule has 2 amide bonds. The zero-order valence-corrected chi connectivity index (χ0v) is 14.9. The van der Waals surface area contributed by atoms with E-state index in [0.29, 0.717) is 23.6 Å². The van der Waals surface area contributed by atoms with Crippen molar-refractivity contribution in [3.05, 3.63) is 41.4 Å². The van der Waals surface area contributed by atoms with E-state index in [9.17, 15) is 9.59 Å². The summed E-state index contributed by atoms with van der Waals surface area (Å²) in [6.07, 6.45) is 0.587. The fourth-order valence-corrected chi connectivity index (χ4v) is 2.77. The van der Waals surface area contributed by atoms with Gasteiger partial charge in [0.05, 0.1) is 5.92 Å². The fourth-order valence-electron chi connectivity index (χ4n) is 2.64. The Morgan fingerprint density at radius 1 is 1.21 bits per heavy atom. The minimum atomic E-state index is -0.583. The summed E-state index contributed by atoms with van der Waals surface area (Å²) < 4.78 is 5.27. The molecule has 0 spiro atoms. The van der Waals surface area contributed by atoms with Gasteiger partial charge in [-0.3, -0.25) is 4.79 Å². The van der Waals surface area contributed by atoms with Gasteiger partial charge in [0.1, 0.15) is 5.60 Å². The van der Waals surface area contributed by atoms with Crippen molar-refractivity contribution in [1.82, 2.24) is 5.32 Å². The van der Waals surface area contributed by atoms with Gasteiger partial charge in [-0.15, -0.1) is 0 Å². The van der Waals surface area contributed by atoms with Crippen molar-refractivity contribution >= 4 is 29.3 Å². The zero-order valence-electron chi connectivity index (χ0n) is 14.2. The van der Waals surface area contributed by atoms with Gasteiger partial charge in [-0.2, -0.15) is 0 Å². The van der Waals surface area contributed by atoms with Gasteiger partial charge in [0, 0.05) is 16.8 Å². The molecule has 2 N–H and O–H groups in total. The maximum atomic E-state index is 12.5. The van der Waals surface area contributed by atoms with Crippen LogP contribution in [0.15, 0.2) is 36.4 Å². The average molecular weight is 351 g/mol. The number of hydrogen-bond donors (Lipinski definition) is 2. The van der Waals surface area contributed by atoms with Crippen LogP contribution in [0.2, 0.25) is 5.02 Å². The van der Waals surface area contributed by atoms with Gasteiger partial charge in [-0.25, -0.2) is 4.79 Å². The lowest BCUT2D eigenvalue weighted by Gasteiger charge is -2.24. The first-order chi connectivity index (χ1) is 11.1. The van der Waals surface area contributed by atoms with Crippen LogP contribution in [0.3, 0.4) is 0 Å². The molecule has 1 fully saturated rings. The molecule has 2 atom stereocenters. The van der Waals surface area contributed by atoms with E-state index in [-0.39, 0.29) is 17.9 Å². The smallest absolute Gasteiger partial charge is 0.407 e. The molecule has 1 saturated carbocycles. The lowest BCUT2D eigenvalue weighted by atomic mass is 10.0. The number of ether oxygens (including phenoxy) is 1. The Morgan fingerprint density at radius 2 is 1.83 bits per heavy atom. The van der Waals surface area contributed by atoms with E-state index in [2.05, 4.69) is 17.2 Å². The van der Waals surface area contributed by atoms with Crippen molar-refractivity contribution in [2.75, 3.05) is 5.32 Å². The zero-order chi connectivity index (χ0) is 17.9. The van der Waals surface area contributed by atoms with Crippen molar-refractivity contribution in [2.45, 2.75) is 45.3 Å². The van der Waals surface area contributed by atoms with E-state index in [1.807, 2.05) is 0 Å². The number of rotatable bonds is 3. The third-order valence-electron chi connectivity index (χ3n) is 3.65. The summed E-state index contributed by atoms with van der Waals surface area (Å²) >= 11 is 5.84. The molecule has 2 rings (SSSR count). The molecule has 24 heavy (non-hydrogen) atoms. The number of amides is 2. The molecule has 0 radical (unpaired) electrons. The number of benzene rings is 1. The summed E-state index contributed by atoms with van der Waals surface area (Å²) in [6.45, 7) is 9.34. The first-order valence-electron chi connectivity index (χ1n) is 7.86. The molecule has 0 aliphatic heterocycles. The maximum absolute atomic E-state index is 12.5. The Balaban J connectivity index is 2.01. The van der Waals surface area contributed by atoms with Gasteiger partial charge < -0.3 is 15.4 Å². The van der Waals surface area contributed by atoms with Crippen molar-refractivity contribution in [3.63, 3.8) is 0 Å². The van der Waals surface area contributed by atoms with Crippen LogP contribution in [0.4, 0.5) is 10.5 Å². The Kier molecular flexibility index (Phi) is 5.54. The predicted octanol–water partition coefficient (Wildman–Crippen LogP) is 4.14. The second kappa shape index (κ2) is 7.26. The van der Waals surface area contributed by atoms with Crippen LogP contribution in [0.1, 0.15) is 33.6 Å². The third-order valence-corrected chi connectivity index (χ3v) is 3.91. The average Bonchev–Trinajstić information content (AvgIpc) is 2.80. The highest BCUT2D eigenvalue weighted by molar-refractivity contribution is 6.30. The second-order valence-corrected chi connectivity index (χ2v) is 7.45. The normalized spacial score (nSPS) is 20.6. The van der Waals surface area contributed by atoms with Crippen molar-refractivity contribution in [1.29, 1.82) is 0 Å². The standard InChI is InChI=1S/C18H23ClN2O3/c1-11-9-14(15(10-11)21-17(23)24-18(2,3)4)16(22)20-13-7-5-12(19)6-8-13/h5-8,14-15H,1,9-10H2,2-4H3,(H,20,22)(H,21,23). The molecule has 0 aromatic heterocycles. The monoisotopic (exact) mass is 350 g/mol. The van der Waals surface area contributed by atoms with Crippen LogP contribution >= 0.6 is 11.6 Å². The van der Waals surface area contributed by atoms with Crippen LogP contribution in [-0.2, 0) is 9.53 Å². The Bertz CT molecular complexity index is 635. The van der Waals surface area contributed by atoms with Crippen LogP contribution < -0.4 is 10.6 Å². The topological polar surface area (TPSA) is 67.4 Å². The number of halogens is 1. The molecule has 1 aliphatic carbocycles. The summed E-state index contributed by atoms with van der Waals surface area (Å²) in [5.41, 5.74) is 1.02. The van der Waals surface area contributed by atoms with E-state index in [1.54, 1.807) is 45.0 Å². The number of carbonyl (C=O) groups excluding carboxylic acids is 2. The van der Waals surface area contributed by atoms with Crippen LogP contribution in [-0.4, -0.2) is 23.6 Å². The molecular formula is C18H23ClN2O3. The summed E-state index contributed by atoms with van der Waals surface area (Å²) in [7, 11) is 0. The number of alkyl carbamates (subject to hydrolysis) is 1. The number of nitrogens with one attached hydrogen (secondary N) is 2. The van der Waals surface area contributed by atoms with Crippen LogP contribution in [0, 0.1) is 5.92 Å². The SMILES string of the molecule is C=C1CC(NC(=O)OC(C)(C)C)C(C(=O)Nc2ccc(Cl)cc2)C1. The Hall–Kier alpha value is -2.01. The number of anilines is 1. The van der Waals surface area contributed by atoms with Crippen LogP contribution in [0.25, 0.3) is 0 Å². The Labute approximate surface area is 147 Å². The van der Waals surface area contributed by atoms with Gasteiger partial charge in [0.25, 0.3) is 0 Å². The summed E-state index contributed by atoms with van der Waals surface area (Å²) in [5.74, 6) is -0.530. The quantitative estimate of drug-likeness (QED) is 0.805. The summed E-state index contributed by atoms with van der Waals surface area (Å²) in [6, 6.07) is 6.57. The molecular weight excluding hydrogens is 328 g/mol.